The van der Waals surface area contributed by atoms with Gasteiger partial charge in [0.1, 0.15) is 11.4 Å². The molecule has 2 aromatic carbocycles. The molecule has 2 aromatic rings. The van der Waals surface area contributed by atoms with Crippen LogP contribution in [-0.4, -0.2) is 21.9 Å². The van der Waals surface area contributed by atoms with E-state index in [0.29, 0.717) is 0 Å². The first-order chi connectivity index (χ1) is 10.4. The van der Waals surface area contributed by atoms with Crippen LogP contribution in [-0.2, 0) is 0 Å². The lowest BCUT2D eigenvalue weighted by molar-refractivity contribution is -0.385. The lowest BCUT2D eigenvalue weighted by Crippen LogP contribution is -2.18. The second-order valence-corrected chi connectivity index (χ2v) is 4.23. The fourth-order valence-corrected chi connectivity index (χ4v) is 1.87. The van der Waals surface area contributed by atoms with E-state index in [2.05, 4.69) is 5.32 Å². The lowest BCUT2D eigenvalue weighted by Gasteiger charge is -2.08. The van der Waals surface area contributed by atoms with Gasteiger partial charge in [0.05, 0.1) is 10.5 Å². The number of anilines is 1. The summed E-state index contributed by atoms with van der Waals surface area (Å²) in [4.78, 5) is 33.4. The third-order valence-electron chi connectivity index (χ3n) is 2.78. The Morgan fingerprint density at radius 3 is 2.45 bits per heavy atom. The first-order valence-electron chi connectivity index (χ1n) is 5.97. The number of hydrogen-bond acceptors (Lipinski definition) is 4. The molecule has 8 heteroatoms. The van der Waals surface area contributed by atoms with Crippen molar-refractivity contribution in [1.29, 1.82) is 0 Å². The van der Waals surface area contributed by atoms with Gasteiger partial charge in [-0.1, -0.05) is 12.1 Å². The Hall–Kier alpha value is -3.29. The molecule has 0 unspecified atom stereocenters. The van der Waals surface area contributed by atoms with Crippen LogP contribution in [0.1, 0.15) is 20.7 Å². The highest BCUT2D eigenvalue weighted by molar-refractivity contribution is 6.13. The Morgan fingerprint density at radius 1 is 1.18 bits per heavy atom. The number of amides is 1. The maximum Gasteiger partial charge on any atom is 0.336 e. The van der Waals surface area contributed by atoms with Gasteiger partial charge in [0.15, 0.2) is 0 Å². The minimum Gasteiger partial charge on any atom is -0.478 e. The van der Waals surface area contributed by atoms with Crippen LogP contribution in [0, 0.1) is 15.9 Å². The van der Waals surface area contributed by atoms with Gasteiger partial charge in [-0.25, -0.2) is 9.18 Å². The van der Waals surface area contributed by atoms with Crippen molar-refractivity contribution in [3.8, 4) is 0 Å². The molecule has 0 spiro atoms. The predicted molar refractivity (Wildman–Crippen MR) is 74.4 cm³/mol. The molecular weight excluding hydrogens is 295 g/mol. The number of nitro groups is 1. The number of hydrogen-bond donors (Lipinski definition) is 2. The Kier molecular flexibility index (Phi) is 4.12. The Bertz CT molecular complexity index is 743. The molecule has 0 atom stereocenters. The predicted octanol–water partition coefficient (Wildman–Crippen LogP) is 2.68. The number of nitro benzene ring substituents is 1. The van der Waals surface area contributed by atoms with E-state index >= 15 is 0 Å². The summed E-state index contributed by atoms with van der Waals surface area (Å²) in [6.45, 7) is 0. The topological polar surface area (TPSA) is 110 Å². The zero-order valence-electron chi connectivity index (χ0n) is 10.9. The van der Waals surface area contributed by atoms with Crippen LogP contribution in [0.15, 0.2) is 42.5 Å². The van der Waals surface area contributed by atoms with Crippen molar-refractivity contribution in [3.05, 3.63) is 69.5 Å². The van der Waals surface area contributed by atoms with E-state index in [1.165, 1.54) is 18.2 Å². The summed E-state index contributed by atoms with van der Waals surface area (Å²) in [6.07, 6.45) is 0. The number of carbonyl (C=O) groups is 2. The number of carboxylic acid groups (broad SMARTS) is 1. The van der Waals surface area contributed by atoms with E-state index in [0.717, 1.165) is 24.3 Å². The second-order valence-electron chi connectivity index (χ2n) is 4.23. The SMILES string of the molecule is O=C(O)c1cccc([N+](=O)[O-])c1C(=O)Nc1cccc(F)c1. The standard InChI is InChI=1S/C14H9FN2O5/c15-8-3-1-4-9(7-8)16-13(18)12-10(14(19)20)5-2-6-11(12)17(21)22/h1-7H,(H,16,18)(H,19,20). The van der Waals surface area contributed by atoms with E-state index in [4.69, 9.17) is 5.11 Å². The van der Waals surface area contributed by atoms with Crippen molar-refractivity contribution < 1.29 is 24.0 Å². The zero-order chi connectivity index (χ0) is 16.3. The van der Waals surface area contributed by atoms with Crippen molar-refractivity contribution in [2.45, 2.75) is 0 Å². The largest absolute Gasteiger partial charge is 0.478 e. The number of benzene rings is 2. The van der Waals surface area contributed by atoms with Gasteiger partial charge in [0.2, 0.25) is 0 Å². The number of carbonyl (C=O) groups excluding carboxylic acids is 1. The summed E-state index contributed by atoms with van der Waals surface area (Å²) in [5, 5.41) is 22.3. The average molecular weight is 304 g/mol. The minimum absolute atomic E-state index is 0.0551. The molecule has 0 saturated carbocycles. The van der Waals surface area contributed by atoms with Crippen LogP contribution in [0.3, 0.4) is 0 Å². The van der Waals surface area contributed by atoms with Gasteiger partial charge in [-0.05, 0) is 24.3 Å². The summed E-state index contributed by atoms with van der Waals surface area (Å²) in [7, 11) is 0. The molecule has 0 aliphatic heterocycles. The number of nitrogens with one attached hydrogen (secondary N) is 1. The molecule has 2 N–H and O–H groups in total. The van der Waals surface area contributed by atoms with Gasteiger partial charge >= 0.3 is 5.97 Å². The molecular formula is C14H9FN2O5. The summed E-state index contributed by atoms with van der Waals surface area (Å²) in [6, 6.07) is 8.14. The van der Waals surface area contributed by atoms with Crippen molar-refractivity contribution in [3.63, 3.8) is 0 Å². The van der Waals surface area contributed by atoms with Crippen molar-refractivity contribution >= 4 is 23.3 Å². The Balaban J connectivity index is 2.48. The summed E-state index contributed by atoms with van der Waals surface area (Å²) < 4.78 is 13.1. The number of rotatable bonds is 4. The highest BCUT2D eigenvalue weighted by Gasteiger charge is 2.27. The summed E-state index contributed by atoms with van der Waals surface area (Å²) in [5.74, 6) is -3.10. The molecule has 2 rings (SSSR count). The van der Waals surface area contributed by atoms with E-state index in [1.807, 2.05) is 0 Å². The Labute approximate surface area is 123 Å². The molecule has 0 bridgehead atoms. The van der Waals surface area contributed by atoms with E-state index in [-0.39, 0.29) is 5.69 Å². The molecule has 112 valence electrons. The zero-order valence-corrected chi connectivity index (χ0v) is 10.9. The second kappa shape index (κ2) is 6.00. The third-order valence-corrected chi connectivity index (χ3v) is 2.78. The first kappa shape index (κ1) is 15.1. The molecule has 0 saturated heterocycles. The maximum absolute atomic E-state index is 13.1. The van der Waals surface area contributed by atoms with E-state index in [1.54, 1.807) is 0 Å². The van der Waals surface area contributed by atoms with Gasteiger partial charge in [-0.2, -0.15) is 0 Å². The fraction of sp³-hybridized carbons (Fsp3) is 0. The molecule has 0 heterocycles. The van der Waals surface area contributed by atoms with Gasteiger partial charge in [0, 0.05) is 11.8 Å². The van der Waals surface area contributed by atoms with Crippen LogP contribution in [0.4, 0.5) is 15.8 Å². The quantitative estimate of drug-likeness (QED) is 0.666. The van der Waals surface area contributed by atoms with Crippen molar-refractivity contribution in [1.82, 2.24) is 0 Å². The molecule has 0 aromatic heterocycles. The van der Waals surface area contributed by atoms with Crippen molar-refractivity contribution in [2.24, 2.45) is 0 Å². The van der Waals surface area contributed by atoms with Gasteiger partial charge in [0.25, 0.3) is 11.6 Å². The highest BCUT2D eigenvalue weighted by Crippen LogP contribution is 2.24. The minimum atomic E-state index is -1.48. The number of carboxylic acids is 1. The first-order valence-corrected chi connectivity index (χ1v) is 5.97. The van der Waals surface area contributed by atoms with E-state index < -0.39 is 39.4 Å². The van der Waals surface area contributed by atoms with Crippen LogP contribution < -0.4 is 5.32 Å². The normalized spacial score (nSPS) is 10.0. The maximum atomic E-state index is 13.1. The van der Waals surface area contributed by atoms with Crippen LogP contribution in [0.2, 0.25) is 0 Å². The smallest absolute Gasteiger partial charge is 0.336 e. The molecule has 0 aliphatic rings. The lowest BCUT2D eigenvalue weighted by atomic mass is 10.0. The van der Waals surface area contributed by atoms with Crippen LogP contribution >= 0.6 is 0 Å². The molecule has 7 nitrogen and oxygen atoms in total. The van der Waals surface area contributed by atoms with Gasteiger partial charge in [-0.3, -0.25) is 14.9 Å². The van der Waals surface area contributed by atoms with Gasteiger partial charge in [-0.15, -0.1) is 0 Å². The number of aromatic carboxylic acids is 1. The summed E-state index contributed by atoms with van der Waals surface area (Å²) >= 11 is 0. The van der Waals surface area contributed by atoms with E-state index in [9.17, 15) is 24.1 Å². The molecule has 1 amide bonds. The van der Waals surface area contributed by atoms with Crippen LogP contribution in [0.25, 0.3) is 0 Å². The Morgan fingerprint density at radius 2 is 1.86 bits per heavy atom. The summed E-state index contributed by atoms with van der Waals surface area (Å²) in [5.41, 5.74) is -1.69. The van der Waals surface area contributed by atoms with Crippen molar-refractivity contribution in [2.75, 3.05) is 5.32 Å². The monoisotopic (exact) mass is 304 g/mol. The van der Waals surface area contributed by atoms with Crippen LogP contribution in [0.5, 0.6) is 0 Å². The number of nitrogens with zero attached hydrogens (tertiary/aromatic N) is 1. The molecule has 22 heavy (non-hydrogen) atoms. The molecule has 0 fully saturated rings. The molecule has 0 aliphatic carbocycles. The van der Waals surface area contributed by atoms with Gasteiger partial charge < -0.3 is 10.4 Å². The number of halogens is 1. The fourth-order valence-electron chi connectivity index (χ4n) is 1.87. The average Bonchev–Trinajstić information content (AvgIpc) is 2.46. The highest BCUT2D eigenvalue weighted by atomic mass is 19.1. The molecule has 0 radical (unpaired) electrons. The third kappa shape index (κ3) is 3.06.